The van der Waals surface area contributed by atoms with Gasteiger partial charge >= 0.3 is 0 Å². The second kappa shape index (κ2) is 8.79. The molecular formula is C24H27N5O. The van der Waals surface area contributed by atoms with Crippen LogP contribution in [0.4, 0.5) is 5.95 Å². The van der Waals surface area contributed by atoms with Gasteiger partial charge in [-0.15, -0.1) is 0 Å². The van der Waals surface area contributed by atoms with Gasteiger partial charge in [0.2, 0.25) is 11.8 Å². The van der Waals surface area contributed by atoms with Crippen LogP contribution in [0.1, 0.15) is 36.1 Å². The van der Waals surface area contributed by atoms with Gasteiger partial charge < -0.3 is 9.64 Å². The Morgan fingerprint density at radius 3 is 2.57 bits per heavy atom. The molecule has 0 atom stereocenters. The van der Waals surface area contributed by atoms with E-state index in [2.05, 4.69) is 20.9 Å². The number of aromatic nitrogens is 3. The second-order valence-corrected chi connectivity index (χ2v) is 8.04. The third-order valence-electron chi connectivity index (χ3n) is 5.82. The largest absolute Gasteiger partial charge is 0.439 e. The maximum absolute atomic E-state index is 6.29. The predicted molar refractivity (Wildman–Crippen MR) is 117 cm³/mol. The minimum Gasteiger partial charge on any atom is -0.439 e. The van der Waals surface area contributed by atoms with Gasteiger partial charge in [-0.3, -0.25) is 9.88 Å². The van der Waals surface area contributed by atoms with Crippen molar-refractivity contribution in [2.75, 3.05) is 24.5 Å². The van der Waals surface area contributed by atoms with Crippen LogP contribution in [0.3, 0.4) is 0 Å². The summed E-state index contributed by atoms with van der Waals surface area (Å²) >= 11 is 0. The molecule has 0 amide bonds. The van der Waals surface area contributed by atoms with Crippen LogP contribution in [-0.2, 0) is 19.5 Å². The first-order chi connectivity index (χ1) is 14.8. The number of para-hydroxylation sites is 1. The van der Waals surface area contributed by atoms with Crippen LogP contribution in [0.15, 0.2) is 54.9 Å². The zero-order valence-electron chi connectivity index (χ0n) is 17.2. The van der Waals surface area contributed by atoms with Crippen molar-refractivity contribution in [1.82, 2.24) is 19.9 Å². The molecule has 2 aromatic heterocycles. The van der Waals surface area contributed by atoms with Crippen LogP contribution in [-0.4, -0.2) is 39.5 Å². The fraction of sp³-hybridized carbons (Fsp3) is 0.375. The zero-order valence-corrected chi connectivity index (χ0v) is 17.2. The molecule has 0 saturated carbocycles. The molecule has 1 aromatic carbocycles. The molecule has 0 aliphatic carbocycles. The van der Waals surface area contributed by atoms with Crippen LogP contribution >= 0.6 is 0 Å². The van der Waals surface area contributed by atoms with Crippen molar-refractivity contribution in [1.29, 1.82) is 0 Å². The summed E-state index contributed by atoms with van der Waals surface area (Å²) in [6, 6.07) is 14.0. The molecule has 2 aliphatic rings. The lowest BCUT2D eigenvalue weighted by Gasteiger charge is -2.31. The summed E-state index contributed by atoms with van der Waals surface area (Å²) in [7, 11) is 0. The molecule has 6 heteroatoms. The van der Waals surface area contributed by atoms with Gasteiger partial charge in [0.1, 0.15) is 5.75 Å². The third-order valence-corrected chi connectivity index (χ3v) is 5.82. The molecule has 2 aliphatic heterocycles. The fourth-order valence-corrected chi connectivity index (χ4v) is 4.23. The Morgan fingerprint density at radius 2 is 1.77 bits per heavy atom. The highest BCUT2D eigenvalue weighted by atomic mass is 16.5. The number of anilines is 1. The van der Waals surface area contributed by atoms with E-state index >= 15 is 0 Å². The molecule has 5 rings (SSSR count). The van der Waals surface area contributed by atoms with E-state index in [0.717, 1.165) is 62.1 Å². The molecule has 4 heterocycles. The van der Waals surface area contributed by atoms with Crippen molar-refractivity contribution in [3.8, 4) is 11.6 Å². The Kier molecular flexibility index (Phi) is 5.57. The molecule has 0 spiro atoms. The topological polar surface area (TPSA) is 54.4 Å². The molecule has 154 valence electrons. The number of hydrogen-bond acceptors (Lipinski definition) is 6. The summed E-state index contributed by atoms with van der Waals surface area (Å²) in [4.78, 5) is 18.9. The van der Waals surface area contributed by atoms with Crippen molar-refractivity contribution in [3.05, 3.63) is 71.7 Å². The number of benzene rings is 1. The number of piperidine rings is 1. The van der Waals surface area contributed by atoms with Gasteiger partial charge in [-0.1, -0.05) is 24.3 Å². The van der Waals surface area contributed by atoms with Crippen molar-refractivity contribution in [2.24, 2.45) is 0 Å². The number of ether oxygens (including phenoxy) is 1. The van der Waals surface area contributed by atoms with Gasteiger partial charge in [0.15, 0.2) is 0 Å². The monoisotopic (exact) mass is 401 g/mol. The lowest BCUT2D eigenvalue weighted by Crippen LogP contribution is -2.34. The van der Waals surface area contributed by atoms with Gasteiger partial charge in [-0.2, -0.15) is 4.98 Å². The van der Waals surface area contributed by atoms with Gasteiger partial charge in [-0.05, 0) is 43.0 Å². The maximum atomic E-state index is 6.29. The van der Waals surface area contributed by atoms with E-state index in [1.807, 2.05) is 48.8 Å². The maximum Gasteiger partial charge on any atom is 0.228 e. The normalized spacial score (nSPS) is 16.9. The molecule has 30 heavy (non-hydrogen) atoms. The lowest BCUT2D eigenvalue weighted by molar-refractivity contribution is 0.238. The number of rotatable bonds is 5. The van der Waals surface area contributed by atoms with Crippen molar-refractivity contribution in [3.63, 3.8) is 0 Å². The number of fused-ring (bicyclic) bond motifs is 1. The van der Waals surface area contributed by atoms with E-state index in [4.69, 9.17) is 14.7 Å². The van der Waals surface area contributed by atoms with Crippen LogP contribution in [0.25, 0.3) is 0 Å². The summed E-state index contributed by atoms with van der Waals surface area (Å²) in [5.74, 6) is 2.33. The van der Waals surface area contributed by atoms with Crippen molar-refractivity contribution in [2.45, 2.75) is 38.8 Å². The molecule has 0 unspecified atom stereocenters. The summed E-state index contributed by atoms with van der Waals surface area (Å²) in [6.45, 7) is 4.68. The summed E-state index contributed by atoms with van der Waals surface area (Å²) in [5, 5.41) is 0. The Balaban J connectivity index is 1.45. The average molecular weight is 402 g/mol. The lowest BCUT2D eigenvalue weighted by atomic mass is 10.1. The highest BCUT2D eigenvalue weighted by molar-refractivity contribution is 5.43. The van der Waals surface area contributed by atoms with E-state index in [-0.39, 0.29) is 0 Å². The van der Waals surface area contributed by atoms with Crippen LogP contribution in [0.2, 0.25) is 0 Å². The number of hydrogen-bond donors (Lipinski definition) is 0. The predicted octanol–water partition coefficient (Wildman–Crippen LogP) is 4.21. The van der Waals surface area contributed by atoms with Gasteiger partial charge in [-0.25, -0.2) is 4.98 Å². The highest BCUT2D eigenvalue weighted by Crippen LogP contribution is 2.32. The van der Waals surface area contributed by atoms with E-state index in [1.165, 1.54) is 24.8 Å². The fourth-order valence-electron chi connectivity index (χ4n) is 4.23. The average Bonchev–Trinajstić information content (AvgIpc) is 2.81. The Morgan fingerprint density at radius 1 is 0.900 bits per heavy atom. The molecule has 0 N–H and O–H groups in total. The third kappa shape index (κ3) is 4.28. The number of pyridine rings is 1. The Bertz CT molecular complexity index is 974. The van der Waals surface area contributed by atoms with Crippen LogP contribution in [0.5, 0.6) is 11.6 Å². The minimum absolute atomic E-state index is 0.697. The first-order valence-corrected chi connectivity index (χ1v) is 10.8. The van der Waals surface area contributed by atoms with Crippen LogP contribution < -0.4 is 9.64 Å². The van der Waals surface area contributed by atoms with E-state index < -0.39 is 0 Å². The summed E-state index contributed by atoms with van der Waals surface area (Å²) in [5.41, 5.74) is 3.45. The summed E-state index contributed by atoms with van der Waals surface area (Å²) in [6.07, 6.45) is 8.36. The SMILES string of the molecule is c1ccc(Oc2nc(N3CCCCC3)nc3c2CN(Cc2cccnc2)CC3)cc1. The molecule has 1 saturated heterocycles. The molecule has 3 aromatic rings. The smallest absolute Gasteiger partial charge is 0.228 e. The van der Waals surface area contributed by atoms with Gasteiger partial charge in [0.25, 0.3) is 0 Å². The van der Waals surface area contributed by atoms with Crippen LogP contribution in [0, 0.1) is 0 Å². The molecular weight excluding hydrogens is 374 g/mol. The van der Waals surface area contributed by atoms with E-state index in [9.17, 15) is 0 Å². The van der Waals surface area contributed by atoms with Gasteiger partial charge in [0, 0.05) is 51.5 Å². The molecule has 0 bridgehead atoms. The quantitative estimate of drug-likeness (QED) is 0.638. The summed E-state index contributed by atoms with van der Waals surface area (Å²) < 4.78 is 6.29. The zero-order chi connectivity index (χ0) is 20.2. The van der Waals surface area contributed by atoms with Crippen molar-refractivity contribution >= 4 is 5.95 Å². The Labute approximate surface area is 177 Å². The highest BCUT2D eigenvalue weighted by Gasteiger charge is 2.26. The van der Waals surface area contributed by atoms with Gasteiger partial charge in [0.05, 0.1) is 11.3 Å². The molecule has 0 radical (unpaired) electrons. The number of nitrogens with zero attached hydrogens (tertiary/aromatic N) is 5. The first kappa shape index (κ1) is 19.0. The minimum atomic E-state index is 0.697. The molecule has 6 nitrogen and oxygen atoms in total. The first-order valence-electron chi connectivity index (χ1n) is 10.8. The van der Waals surface area contributed by atoms with E-state index in [1.54, 1.807) is 0 Å². The second-order valence-electron chi connectivity index (χ2n) is 8.04. The van der Waals surface area contributed by atoms with Crippen molar-refractivity contribution < 1.29 is 4.74 Å². The molecule has 1 fully saturated rings. The standard InChI is InChI=1S/C24H27N5O/c1-3-9-20(10-4-1)30-23-21-18-28(17-19-8-7-12-25-16-19)15-11-22(21)26-24(27-23)29-13-5-2-6-14-29/h1,3-4,7-10,12,16H,2,5-6,11,13-15,17-18H2. The van der Waals surface area contributed by atoms with E-state index in [0.29, 0.717) is 5.88 Å². The Hall–Kier alpha value is -2.99.